The number of rotatable bonds is 7. The molecule has 0 unspecified atom stereocenters. The van der Waals surface area contributed by atoms with E-state index in [1.54, 1.807) is 14.2 Å². The van der Waals surface area contributed by atoms with Crippen molar-refractivity contribution in [1.82, 2.24) is 0 Å². The third kappa shape index (κ3) is 5.16. The Bertz CT molecular complexity index is 1120. The lowest BCUT2D eigenvalue weighted by Gasteiger charge is -2.10. The third-order valence-electron chi connectivity index (χ3n) is 5.35. The van der Waals surface area contributed by atoms with Crippen LogP contribution < -0.4 is 9.47 Å². The summed E-state index contributed by atoms with van der Waals surface area (Å²) in [6.07, 6.45) is 8.60. The molecule has 0 N–H and O–H groups in total. The molecule has 0 aliphatic carbocycles. The van der Waals surface area contributed by atoms with Crippen LogP contribution in [0.2, 0.25) is 0 Å². The Morgan fingerprint density at radius 1 is 0.438 bits per heavy atom. The Morgan fingerprint density at radius 2 is 0.812 bits per heavy atom. The average molecular weight is 419 g/mol. The quantitative estimate of drug-likeness (QED) is 0.286. The lowest BCUT2D eigenvalue weighted by atomic mass is 9.94. The second-order valence-electron chi connectivity index (χ2n) is 7.39. The molecule has 0 bridgehead atoms. The van der Waals surface area contributed by atoms with Gasteiger partial charge in [0.1, 0.15) is 11.5 Å². The van der Waals surface area contributed by atoms with Crippen molar-refractivity contribution >= 4 is 24.3 Å². The van der Waals surface area contributed by atoms with Gasteiger partial charge in [0.25, 0.3) is 0 Å². The first-order valence-corrected chi connectivity index (χ1v) is 10.6. The van der Waals surface area contributed by atoms with Gasteiger partial charge in [-0.15, -0.1) is 0 Å². The van der Waals surface area contributed by atoms with Gasteiger partial charge in [-0.3, -0.25) is 0 Å². The molecule has 0 amide bonds. The first kappa shape index (κ1) is 21.2. The fraction of sp³-hybridized carbons (Fsp3) is 0.0667. The predicted molar refractivity (Wildman–Crippen MR) is 136 cm³/mol. The van der Waals surface area contributed by atoms with Gasteiger partial charge in [-0.25, -0.2) is 0 Å². The Labute approximate surface area is 190 Å². The van der Waals surface area contributed by atoms with E-state index in [0.29, 0.717) is 0 Å². The van der Waals surface area contributed by atoms with Crippen LogP contribution in [-0.4, -0.2) is 14.2 Å². The molecule has 4 rings (SSSR count). The van der Waals surface area contributed by atoms with E-state index in [1.165, 1.54) is 22.3 Å². The number of hydrogen-bond donors (Lipinski definition) is 0. The topological polar surface area (TPSA) is 18.5 Å². The monoisotopic (exact) mass is 418 g/mol. The van der Waals surface area contributed by atoms with Crippen molar-refractivity contribution in [3.05, 3.63) is 119 Å². The Morgan fingerprint density at radius 3 is 1.19 bits per heavy atom. The molecule has 0 aliphatic rings. The molecular formula is C30H26O2. The fourth-order valence-electron chi connectivity index (χ4n) is 3.58. The molecule has 4 aromatic rings. The smallest absolute Gasteiger partial charge is 0.118 e. The van der Waals surface area contributed by atoms with Gasteiger partial charge in [-0.1, -0.05) is 97.1 Å². The van der Waals surface area contributed by atoms with Crippen LogP contribution in [0.25, 0.3) is 35.4 Å². The standard InChI is InChI=1S/C30H26O2/c1-31-27-19-13-23(14-20-27)11-17-25-7-3-5-9-29(25)30-10-6-4-8-26(30)18-12-24-15-21-28(32-2)22-16-24/h3-22H,1-2H3/b17-11+,18-12+. The molecule has 0 saturated carbocycles. The van der Waals surface area contributed by atoms with E-state index < -0.39 is 0 Å². The molecule has 158 valence electrons. The zero-order valence-corrected chi connectivity index (χ0v) is 18.4. The number of ether oxygens (including phenoxy) is 2. The minimum Gasteiger partial charge on any atom is -0.497 e. The van der Waals surface area contributed by atoms with E-state index in [0.717, 1.165) is 22.6 Å². The maximum atomic E-state index is 5.25. The molecule has 2 nitrogen and oxygen atoms in total. The summed E-state index contributed by atoms with van der Waals surface area (Å²) in [6.45, 7) is 0. The number of methoxy groups -OCH3 is 2. The summed E-state index contributed by atoms with van der Waals surface area (Å²) in [4.78, 5) is 0. The van der Waals surface area contributed by atoms with Crippen molar-refractivity contribution in [2.75, 3.05) is 14.2 Å². The second-order valence-corrected chi connectivity index (χ2v) is 7.39. The van der Waals surface area contributed by atoms with Crippen LogP contribution in [0.3, 0.4) is 0 Å². The minimum absolute atomic E-state index is 0.861. The maximum Gasteiger partial charge on any atom is 0.118 e. The third-order valence-corrected chi connectivity index (χ3v) is 5.35. The van der Waals surface area contributed by atoms with Crippen molar-refractivity contribution in [2.24, 2.45) is 0 Å². The highest BCUT2D eigenvalue weighted by atomic mass is 16.5. The molecule has 32 heavy (non-hydrogen) atoms. The van der Waals surface area contributed by atoms with E-state index >= 15 is 0 Å². The van der Waals surface area contributed by atoms with E-state index in [2.05, 4.69) is 97.1 Å². The fourth-order valence-corrected chi connectivity index (χ4v) is 3.58. The van der Waals surface area contributed by atoms with E-state index in [4.69, 9.17) is 9.47 Å². The summed E-state index contributed by atoms with van der Waals surface area (Å²) in [6, 6.07) is 33.1. The summed E-state index contributed by atoms with van der Waals surface area (Å²) in [5.74, 6) is 1.72. The van der Waals surface area contributed by atoms with Crippen LogP contribution in [-0.2, 0) is 0 Å². The zero-order chi connectivity index (χ0) is 22.2. The molecule has 0 spiro atoms. The predicted octanol–water partition coefficient (Wildman–Crippen LogP) is 7.71. The summed E-state index contributed by atoms with van der Waals surface area (Å²) in [5.41, 5.74) is 7.02. The van der Waals surface area contributed by atoms with Gasteiger partial charge < -0.3 is 9.47 Å². The molecule has 0 aromatic heterocycles. The number of benzene rings is 4. The Kier molecular flexibility index (Phi) is 6.84. The highest BCUT2D eigenvalue weighted by molar-refractivity contribution is 5.87. The lowest BCUT2D eigenvalue weighted by molar-refractivity contribution is 0.414. The minimum atomic E-state index is 0.861. The summed E-state index contributed by atoms with van der Waals surface area (Å²) in [5, 5.41) is 0. The van der Waals surface area contributed by atoms with Crippen LogP contribution in [0.15, 0.2) is 97.1 Å². The zero-order valence-electron chi connectivity index (χ0n) is 18.4. The first-order valence-electron chi connectivity index (χ1n) is 10.6. The highest BCUT2D eigenvalue weighted by Crippen LogP contribution is 2.30. The van der Waals surface area contributed by atoms with E-state index in [9.17, 15) is 0 Å². The second kappa shape index (κ2) is 10.3. The van der Waals surface area contributed by atoms with Crippen molar-refractivity contribution < 1.29 is 9.47 Å². The van der Waals surface area contributed by atoms with Gasteiger partial charge in [0, 0.05) is 0 Å². The molecule has 0 atom stereocenters. The number of hydrogen-bond acceptors (Lipinski definition) is 2. The summed E-state index contributed by atoms with van der Waals surface area (Å²) in [7, 11) is 3.36. The molecular weight excluding hydrogens is 392 g/mol. The van der Waals surface area contributed by atoms with Crippen LogP contribution in [0.4, 0.5) is 0 Å². The maximum absolute atomic E-state index is 5.25. The molecule has 2 heteroatoms. The average Bonchev–Trinajstić information content (AvgIpc) is 2.87. The van der Waals surface area contributed by atoms with E-state index in [1.807, 2.05) is 24.3 Å². The van der Waals surface area contributed by atoms with Gasteiger partial charge >= 0.3 is 0 Å². The molecule has 0 fully saturated rings. The highest BCUT2D eigenvalue weighted by Gasteiger charge is 2.06. The molecule has 0 aliphatic heterocycles. The van der Waals surface area contributed by atoms with Gasteiger partial charge in [0.15, 0.2) is 0 Å². The SMILES string of the molecule is COc1ccc(/C=C/c2ccccc2-c2ccccc2/C=C/c2ccc(OC)cc2)cc1. The van der Waals surface area contributed by atoms with Crippen LogP contribution in [0.1, 0.15) is 22.3 Å². The van der Waals surface area contributed by atoms with Gasteiger partial charge in [-0.2, -0.15) is 0 Å². The normalized spacial score (nSPS) is 11.2. The van der Waals surface area contributed by atoms with Crippen molar-refractivity contribution in [3.8, 4) is 22.6 Å². The van der Waals surface area contributed by atoms with E-state index in [-0.39, 0.29) is 0 Å². The van der Waals surface area contributed by atoms with Gasteiger partial charge in [-0.05, 0) is 57.6 Å². The first-order chi connectivity index (χ1) is 15.8. The van der Waals surface area contributed by atoms with Gasteiger partial charge in [0.05, 0.1) is 14.2 Å². The van der Waals surface area contributed by atoms with Crippen LogP contribution in [0, 0.1) is 0 Å². The summed E-state index contributed by atoms with van der Waals surface area (Å²) >= 11 is 0. The van der Waals surface area contributed by atoms with Crippen LogP contribution >= 0.6 is 0 Å². The van der Waals surface area contributed by atoms with Gasteiger partial charge in [0.2, 0.25) is 0 Å². The van der Waals surface area contributed by atoms with Crippen molar-refractivity contribution in [2.45, 2.75) is 0 Å². The molecule has 0 heterocycles. The Hall–Kier alpha value is -4.04. The molecule has 0 saturated heterocycles. The molecule has 4 aromatic carbocycles. The lowest BCUT2D eigenvalue weighted by Crippen LogP contribution is -1.87. The largest absolute Gasteiger partial charge is 0.497 e. The van der Waals surface area contributed by atoms with Crippen molar-refractivity contribution in [3.63, 3.8) is 0 Å². The Balaban J connectivity index is 1.64. The summed E-state index contributed by atoms with van der Waals surface area (Å²) < 4.78 is 10.5. The van der Waals surface area contributed by atoms with Crippen molar-refractivity contribution in [1.29, 1.82) is 0 Å². The molecule has 0 radical (unpaired) electrons. The van der Waals surface area contributed by atoms with Crippen LogP contribution in [0.5, 0.6) is 11.5 Å².